The first kappa shape index (κ1) is 12.3. The van der Waals surface area contributed by atoms with E-state index in [4.69, 9.17) is 16.7 Å². The molecular weight excluding hydrogens is 208 g/mol. The van der Waals surface area contributed by atoms with Crippen LogP contribution in [0.2, 0.25) is 0 Å². The van der Waals surface area contributed by atoms with Gasteiger partial charge >= 0.3 is 5.97 Å². The number of carbonyl (C=O) groups is 1. The normalized spacial score (nSPS) is 19.9. The summed E-state index contributed by atoms with van der Waals surface area (Å²) < 4.78 is 11.2. The smallest absolute Gasteiger partial charge is 0.303 e. The van der Waals surface area contributed by atoms with E-state index in [1.165, 1.54) is 0 Å². The van der Waals surface area contributed by atoms with Gasteiger partial charge in [-0.15, -0.1) is 0 Å². The Kier molecular flexibility index (Phi) is 5.51. The highest BCUT2D eigenvalue weighted by Gasteiger charge is 2.33. The molecule has 0 fully saturated rings. The molecule has 7 nitrogen and oxygen atoms in total. The van der Waals surface area contributed by atoms with Crippen molar-refractivity contribution in [2.24, 2.45) is 0 Å². The van der Waals surface area contributed by atoms with Gasteiger partial charge in [0.1, 0.15) is 18.3 Å². The summed E-state index contributed by atoms with van der Waals surface area (Å²) in [6.45, 7) is -2.32. The van der Waals surface area contributed by atoms with E-state index in [0.29, 0.717) is 0 Å². The van der Waals surface area contributed by atoms with Crippen LogP contribution in [0.3, 0.4) is 0 Å². The van der Waals surface area contributed by atoms with E-state index >= 15 is 0 Å². The molecule has 0 saturated heterocycles. The fourth-order valence-electron chi connectivity index (χ4n) is 0.958. The van der Waals surface area contributed by atoms with Gasteiger partial charge in [-0.05, 0) is 0 Å². The molecule has 0 saturated carbocycles. The second-order valence-corrected chi connectivity index (χ2v) is 2.94. The van der Waals surface area contributed by atoms with Gasteiger partial charge in [0, 0.05) is 8.27 Å². The summed E-state index contributed by atoms with van der Waals surface area (Å²) in [7, 11) is 0. The third-order valence-corrected chi connectivity index (χ3v) is 1.75. The molecule has 0 aliphatic heterocycles. The third kappa shape index (κ3) is 4.54. The SMILES string of the molecule is [2H]CC(=O)O[C@@H]([C@H](O)[C@H](O)CO)[C@H](O)CO. The number of aliphatic hydroxyl groups excluding tert-OH is 5. The first-order chi connectivity index (χ1) is 7.47. The molecule has 5 N–H and O–H groups in total. The van der Waals surface area contributed by atoms with Crippen LogP contribution in [0.15, 0.2) is 0 Å². The third-order valence-electron chi connectivity index (χ3n) is 1.75. The molecule has 0 heterocycles. The van der Waals surface area contributed by atoms with E-state index in [0.717, 1.165) is 0 Å². The second-order valence-electron chi connectivity index (χ2n) is 2.94. The van der Waals surface area contributed by atoms with Crippen molar-refractivity contribution >= 4 is 5.97 Å². The van der Waals surface area contributed by atoms with Crippen molar-refractivity contribution < 1.29 is 36.4 Å². The van der Waals surface area contributed by atoms with Crippen LogP contribution in [0.1, 0.15) is 8.27 Å². The first-order valence-electron chi connectivity index (χ1n) is 4.93. The summed E-state index contributed by atoms with van der Waals surface area (Å²) in [5, 5.41) is 45.0. The Morgan fingerprint density at radius 3 is 2.20 bits per heavy atom. The highest BCUT2D eigenvalue weighted by molar-refractivity contribution is 5.66. The minimum Gasteiger partial charge on any atom is -0.457 e. The van der Waals surface area contributed by atoms with Gasteiger partial charge in [0.15, 0.2) is 6.10 Å². The molecule has 0 bridgehead atoms. The van der Waals surface area contributed by atoms with Crippen molar-refractivity contribution in [3.63, 3.8) is 0 Å². The van der Waals surface area contributed by atoms with Crippen LogP contribution in [0.25, 0.3) is 0 Å². The highest BCUT2D eigenvalue weighted by atomic mass is 16.6. The van der Waals surface area contributed by atoms with Crippen LogP contribution in [0.4, 0.5) is 0 Å². The molecule has 90 valence electrons. The van der Waals surface area contributed by atoms with E-state index < -0.39 is 50.5 Å². The van der Waals surface area contributed by atoms with Crippen LogP contribution in [-0.4, -0.2) is 69.1 Å². The van der Waals surface area contributed by atoms with Crippen LogP contribution < -0.4 is 0 Å². The minimum atomic E-state index is -1.75. The van der Waals surface area contributed by atoms with Crippen molar-refractivity contribution in [3.8, 4) is 0 Å². The summed E-state index contributed by atoms with van der Waals surface area (Å²) in [4.78, 5) is 10.8. The lowest BCUT2D eigenvalue weighted by Gasteiger charge is -2.28. The van der Waals surface area contributed by atoms with Gasteiger partial charge in [0.05, 0.1) is 13.2 Å². The molecule has 7 heteroatoms. The van der Waals surface area contributed by atoms with Crippen molar-refractivity contribution in [3.05, 3.63) is 0 Å². The van der Waals surface area contributed by atoms with E-state index in [9.17, 15) is 15.0 Å². The van der Waals surface area contributed by atoms with E-state index in [-0.39, 0.29) is 0 Å². The molecule has 15 heavy (non-hydrogen) atoms. The maximum atomic E-state index is 10.8. The molecular formula is C8H16O7. The van der Waals surface area contributed by atoms with Crippen LogP contribution in [0.5, 0.6) is 0 Å². The number of hydrogen-bond acceptors (Lipinski definition) is 7. The lowest BCUT2D eigenvalue weighted by Crippen LogP contribution is -2.49. The topological polar surface area (TPSA) is 127 Å². The molecule has 0 aromatic carbocycles. The summed E-state index contributed by atoms with van der Waals surface area (Å²) in [6.07, 6.45) is -6.57. The number of rotatable bonds is 6. The number of hydrogen-bond donors (Lipinski definition) is 5. The van der Waals surface area contributed by atoms with Crippen molar-refractivity contribution in [2.75, 3.05) is 13.2 Å². The summed E-state index contributed by atoms with van der Waals surface area (Å²) in [5.74, 6) is -1.03. The molecule has 0 aliphatic carbocycles. The maximum absolute atomic E-state index is 10.8. The van der Waals surface area contributed by atoms with Gasteiger partial charge in [-0.25, -0.2) is 0 Å². The average Bonchev–Trinajstić information content (AvgIpc) is 2.32. The fraction of sp³-hybridized carbons (Fsp3) is 0.875. The first-order valence-corrected chi connectivity index (χ1v) is 4.22. The molecule has 4 atom stereocenters. The minimum absolute atomic E-state index is 0.726. The monoisotopic (exact) mass is 225 g/mol. The Hall–Kier alpha value is -0.730. The summed E-state index contributed by atoms with van der Waals surface area (Å²) >= 11 is 0. The van der Waals surface area contributed by atoms with Crippen molar-refractivity contribution in [1.29, 1.82) is 0 Å². The lowest BCUT2D eigenvalue weighted by atomic mass is 10.0. The summed E-state index contributed by atoms with van der Waals surface area (Å²) in [6, 6.07) is 0. The van der Waals surface area contributed by atoms with Gasteiger partial charge in [-0.2, -0.15) is 0 Å². The molecule has 0 rings (SSSR count). The Labute approximate surface area is 87.9 Å². The van der Waals surface area contributed by atoms with Crippen LogP contribution >= 0.6 is 0 Å². The number of carbonyl (C=O) groups excluding carboxylic acids is 1. The molecule has 0 aromatic rings. The van der Waals surface area contributed by atoms with Crippen LogP contribution in [-0.2, 0) is 9.53 Å². The standard InChI is InChI=1S/C8H16O7/c1-4(11)15-8(6(13)3-10)7(14)5(12)2-9/h5-10,12-14H,2-3H2,1H3/t5-,6-,7-,8-/m1/s1/i1D. The van der Waals surface area contributed by atoms with Gasteiger partial charge in [0.2, 0.25) is 0 Å². The van der Waals surface area contributed by atoms with Gasteiger partial charge in [-0.3, -0.25) is 4.79 Å². The Balaban J connectivity index is 4.59. The summed E-state index contributed by atoms with van der Waals surface area (Å²) in [5.41, 5.74) is 0. The molecule has 0 aliphatic rings. The number of aliphatic hydroxyl groups is 5. The number of esters is 1. The Morgan fingerprint density at radius 2 is 1.80 bits per heavy atom. The molecule has 0 aromatic heterocycles. The van der Waals surface area contributed by atoms with Gasteiger partial charge < -0.3 is 30.3 Å². The van der Waals surface area contributed by atoms with E-state index in [1.807, 2.05) is 0 Å². The van der Waals surface area contributed by atoms with Gasteiger partial charge in [-0.1, -0.05) is 0 Å². The zero-order valence-electron chi connectivity index (χ0n) is 8.98. The number of ether oxygens (including phenoxy) is 1. The zero-order valence-corrected chi connectivity index (χ0v) is 7.98. The maximum Gasteiger partial charge on any atom is 0.303 e. The molecule has 0 unspecified atom stereocenters. The van der Waals surface area contributed by atoms with Crippen LogP contribution in [0, 0.1) is 0 Å². The van der Waals surface area contributed by atoms with E-state index in [2.05, 4.69) is 4.74 Å². The predicted octanol–water partition coefficient (Wildman–Crippen LogP) is -3.01. The molecule has 0 radical (unpaired) electrons. The fourth-order valence-corrected chi connectivity index (χ4v) is 0.958. The van der Waals surface area contributed by atoms with Crippen molar-refractivity contribution in [1.82, 2.24) is 0 Å². The lowest BCUT2D eigenvalue weighted by molar-refractivity contribution is -0.174. The zero-order chi connectivity index (χ0) is 12.7. The van der Waals surface area contributed by atoms with Crippen molar-refractivity contribution in [2.45, 2.75) is 31.3 Å². The highest BCUT2D eigenvalue weighted by Crippen LogP contribution is 2.09. The predicted molar refractivity (Wildman–Crippen MR) is 47.7 cm³/mol. The Bertz CT molecular complexity index is 213. The molecule has 0 spiro atoms. The quantitative estimate of drug-likeness (QED) is 0.304. The Morgan fingerprint density at radius 1 is 1.27 bits per heavy atom. The van der Waals surface area contributed by atoms with E-state index in [1.54, 1.807) is 0 Å². The average molecular weight is 225 g/mol. The largest absolute Gasteiger partial charge is 0.457 e. The van der Waals surface area contributed by atoms with Gasteiger partial charge in [0.25, 0.3) is 0 Å². The molecule has 0 amide bonds. The second kappa shape index (κ2) is 6.70.